The molecule has 0 saturated carbocycles. The Hall–Kier alpha value is -2.30. The van der Waals surface area contributed by atoms with Crippen LogP contribution in [0.25, 0.3) is 5.57 Å². The summed E-state index contributed by atoms with van der Waals surface area (Å²) in [6.45, 7) is 5.44. The van der Waals surface area contributed by atoms with Gasteiger partial charge in [-0.25, -0.2) is 9.59 Å². The molecule has 0 saturated heterocycles. The number of carbonyl (C=O) groups is 2. The largest absolute Gasteiger partial charge is 0.497 e. The number of methoxy groups -OCH3 is 1. The topological polar surface area (TPSA) is 61.8 Å². The van der Waals surface area contributed by atoms with Crippen LogP contribution in [0.15, 0.2) is 29.8 Å². The highest BCUT2D eigenvalue weighted by molar-refractivity contribution is 6.19. The molecule has 0 fully saturated rings. The molecule has 0 bridgehead atoms. The minimum absolute atomic E-state index is 0.0798. The maximum Gasteiger partial charge on any atom is 0.345 e. The molecular weight excluding hydrogens is 272 g/mol. The third-order valence-electron chi connectivity index (χ3n) is 2.86. The van der Waals surface area contributed by atoms with Gasteiger partial charge in [-0.15, -0.1) is 0 Å². The van der Waals surface area contributed by atoms with Gasteiger partial charge in [-0.2, -0.15) is 0 Å². The van der Waals surface area contributed by atoms with Crippen LogP contribution in [0.4, 0.5) is 0 Å². The molecule has 114 valence electrons. The van der Waals surface area contributed by atoms with Crippen molar-refractivity contribution in [2.75, 3.05) is 20.3 Å². The number of hydrogen-bond acceptors (Lipinski definition) is 5. The quantitative estimate of drug-likeness (QED) is 0.349. The minimum Gasteiger partial charge on any atom is -0.497 e. The predicted octanol–water partition coefficient (Wildman–Crippen LogP) is 2.59. The van der Waals surface area contributed by atoms with E-state index < -0.39 is 11.9 Å². The minimum atomic E-state index is -0.677. The Balaban J connectivity index is 3.23. The maximum absolute atomic E-state index is 12.0. The van der Waals surface area contributed by atoms with Crippen molar-refractivity contribution >= 4 is 17.5 Å². The lowest BCUT2D eigenvalue weighted by Crippen LogP contribution is -2.19. The lowest BCUT2D eigenvalue weighted by atomic mass is 10.0. The zero-order valence-electron chi connectivity index (χ0n) is 12.8. The van der Waals surface area contributed by atoms with E-state index in [0.29, 0.717) is 11.3 Å². The van der Waals surface area contributed by atoms with Crippen LogP contribution in [-0.2, 0) is 19.1 Å². The molecule has 1 aromatic carbocycles. The molecule has 0 aliphatic heterocycles. The van der Waals surface area contributed by atoms with Crippen LogP contribution in [0, 0.1) is 0 Å². The molecule has 0 atom stereocenters. The SMILES string of the molecule is CCOC(=O)C(C(=O)OCC)=C(C)c1ccc(OC)cc1. The Labute approximate surface area is 124 Å². The second-order valence-electron chi connectivity index (χ2n) is 4.17. The second kappa shape index (κ2) is 8.09. The van der Waals surface area contributed by atoms with Gasteiger partial charge in [0, 0.05) is 0 Å². The van der Waals surface area contributed by atoms with Gasteiger partial charge in [0.25, 0.3) is 0 Å². The highest BCUT2D eigenvalue weighted by Gasteiger charge is 2.24. The Morgan fingerprint density at radius 1 is 0.952 bits per heavy atom. The molecule has 21 heavy (non-hydrogen) atoms. The first-order valence-electron chi connectivity index (χ1n) is 6.74. The molecule has 0 spiro atoms. The molecule has 1 rings (SSSR count). The van der Waals surface area contributed by atoms with Gasteiger partial charge in [0.2, 0.25) is 0 Å². The summed E-state index contributed by atoms with van der Waals surface area (Å²) >= 11 is 0. The highest BCUT2D eigenvalue weighted by atomic mass is 16.6. The van der Waals surface area contributed by atoms with E-state index in [4.69, 9.17) is 14.2 Å². The summed E-state index contributed by atoms with van der Waals surface area (Å²) in [7, 11) is 1.57. The van der Waals surface area contributed by atoms with E-state index in [2.05, 4.69) is 0 Å². The summed E-state index contributed by atoms with van der Waals surface area (Å²) in [6, 6.07) is 7.05. The summed E-state index contributed by atoms with van der Waals surface area (Å²) in [5.41, 5.74) is 1.16. The summed E-state index contributed by atoms with van der Waals surface area (Å²) < 4.78 is 15.0. The van der Waals surface area contributed by atoms with Crippen molar-refractivity contribution in [1.29, 1.82) is 0 Å². The molecule has 0 amide bonds. The average molecular weight is 292 g/mol. The van der Waals surface area contributed by atoms with Gasteiger partial charge >= 0.3 is 11.9 Å². The fourth-order valence-electron chi connectivity index (χ4n) is 1.78. The van der Waals surface area contributed by atoms with E-state index in [1.165, 1.54) is 0 Å². The Morgan fingerprint density at radius 3 is 1.81 bits per heavy atom. The Bertz CT molecular complexity index is 508. The van der Waals surface area contributed by atoms with Gasteiger partial charge in [-0.05, 0) is 44.0 Å². The average Bonchev–Trinajstić information content (AvgIpc) is 2.48. The summed E-state index contributed by atoms with van der Waals surface area (Å²) in [6.07, 6.45) is 0. The third-order valence-corrected chi connectivity index (χ3v) is 2.86. The van der Waals surface area contributed by atoms with E-state index in [1.807, 2.05) is 0 Å². The Kier molecular flexibility index (Phi) is 6.46. The van der Waals surface area contributed by atoms with Crippen LogP contribution < -0.4 is 4.74 Å². The van der Waals surface area contributed by atoms with Gasteiger partial charge < -0.3 is 14.2 Å². The molecule has 0 aliphatic carbocycles. The van der Waals surface area contributed by atoms with E-state index >= 15 is 0 Å². The van der Waals surface area contributed by atoms with Gasteiger partial charge in [-0.1, -0.05) is 12.1 Å². The molecule has 0 aliphatic rings. The molecular formula is C16H20O5. The van der Waals surface area contributed by atoms with Crippen molar-refractivity contribution in [3.63, 3.8) is 0 Å². The van der Waals surface area contributed by atoms with E-state index in [-0.39, 0.29) is 18.8 Å². The summed E-state index contributed by atoms with van der Waals surface area (Å²) in [4.78, 5) is 24.0. The van der Waals surface area contributed by atoms with Crippen molar-refractivity contribution in [3.8, 4) is 5.75 Å². The number of hydrogen-bond donors (Lipinski definition) is 0. The first kappa shape index (κ1) is 16.8. The zero-order chi connectivity index (χ0) is 15.8. The van der Waals surface area contributed by atoms with E-state index in [0.717, 1.165) is 5.56 Å². The second-order valence-corrected chi connectivity index (χ2v) is 4.17. The van der Waals surface area contributed by atoms with Gasteiger partial charge in [0.05, 0.1) is 20.3 Å². The molecule has 1 aromatic rings. The van der Waals surface area contributed by atoms with E-state index in [9.17, 15) is 9.59 Å². The highest BCUT2D eigenvalue weighted by Crippen LogP contribution is 2.23. The molecule has 0 N–H and O–H groups in total. The van der Waals surface area contributed by atoms with Crippen molar-refractivity contribution < 1.29 is 23.8 Å². The number of allylic oxidation sites excluding steroid dienone is 1. The fraction of sp³-hybridized carbons (Fsp3) is 0.375. The molecule has 0 radical (unpaired) electrons. The fourth-order valence-corrected chi connectivity index (χ4v) is 1.78. The summed E-state index contributed by atoms with van der Waals surface area (Å²) in [5, 5.41) is 0. The number of ether oxygens (including phenoxy) is 3. The van der Waals surface area contributed by atoms with Crippen LogP contribution in [0.3, 0.4) is 0 Å². The number of rotatable bonds is 6. The van der Waals surface area contributed by atoms with Gasteiger partial charge in [0.15, 0.2) is 0 Å². The van der Waals surface area contributed by atoms with E-state index in [1.54, 1.807) is 52.1 Å². The van der Waals surface area contributed by atoms with Crippen molar-refractivity contribution in [1.82, 2.24) is 0 Å². The van der Waals surface area contributed by atoms with Crippen LogP contribution in [0.1, 0.15) is 26.3 Å². The number of benzene rings is 1. The lowest BCUT2D eigenvalue weighted by Gasteiger charge is -2.11. The lowest BCUT2D eigenvalue weighted by molar-refractivity contribution is -0.146. The van der Waals surface area contributed by atoms with Crippen molar-refractivity contribution in [2.24, 2.45) is 0 Å². The molecule has 0 aromatic heterocycles. The first-order valence-corrected chi connectivity index (χ1v) is 6.74. The van der Waals surface area contributed by atoms with Gasteiger partial charge in [-0.3, -0.25) is 0 Å². The van der Waals surface area contributed by atoms with Gasteiger partial charge in [0.1, 0.15) is 11.3 Å². The van der Waals surface area contributed by atoms with Crippen LogP contribution >= 0.6 is 0 Å². The van der Waals surface area contributed by atoms with Crippen LogP contribution in [0.5, 0.6) is 5.75 Å². The number of carbonyl (C=O) groups excluding carboxylic acids is 2. The van der Waals surface area contributed by atoms with Crippen molar-refractivity contribution in [2.45, 2.75) is 20.8 Å². The Morgan fingerprint density at radius 2 is 1.43 bits per heavy atom. The van der Waals surface area contributed by atoms with Crippen LogP contribution in [0.2, 0.25) is 0 Å². The standard InChI is InChI=1S/C16H20O5/c1-5-20-15(17)14(16(18)21-6-2)11(3)12-7-9-13(19-4)10-8-12/h7-10H,5-6H2,1-4H3. The van der Waals surface area contributed by atoms with Crippen molar-refractivity contribution in [3.05, 3.63) is 35.4 Å². The smallest absolute Gasteiger partial charge is 0.345 e. The molecule has 5 heteroatoms. The monoisotopic (exact) mass is 292 g/mol. The maximum atomic E-state index is 12.0. The predicted molar refractivity (Wildman–Crippen MR) is 78.9 cm³/mol. The molecule has 0 unspecified atom stereocenters. The molecule has 5 nitrogen and oxygen atoms in total. The number of esters is 2. The third kappa shape index (κ3) is 4.34. The normalized spacial score (nSPS) is 9.71. The molecule has 0 heterocycles. The summed E-state index contributed by atoms with van der Waals surface area (Å²) in [5.74, 6) is -0.658. The first-order chi connectivity index (χ1) is 10.0. The zero-order valence-corrected chi connectivity index (χ0v) is 12.8. The van der Waals surface area contributed by atoms with Crippen LogP contribution in [-0.4, -0.2) is 32.3 Å².